The van der Waals surface area contributed by atoms with Crippen LogP contribution in [0.3, 0.4) is 0 Å². The van der Waals surface area contributed by atoms with Gasteiger partial charge in [0.25, 0.3) is 5.91 Å². The van der Waals surface area contributed by atoms with Crippen molar-refractivity contribution in [2.24, 2.45) is 0 Å². The molecule has 1 aromatic carbocycles. The van der Waals surface area contributed by atoms with Crippen LogP contribution in [0, 0.1) is 0 Å². The van der Waals surface area contributed by atoms with Crippen LogP contribution in [0.2, 0.25) is 0 Å². The Hall–Kier alpha value is -1.88. The fourth-order valence-corrected chi connectivity index (χ4v) is 2.29. The summed E-state index contributed by atoms with van der Waals surface area (Å²) in [5.41, 5.74) is 1.77. The van der Waals surface area contributed by atoms with Crippen molar-refractivity contribution in [3.63, 3.8) is 0 Å². The SMILES string of the molecule is CN(C)c1ccc(C(=O)NCCc2nccs2)cc1. The number of hydrogen-bond acceptors (Lipinski definition) is 4. The standard InChI is InChI=1S/C14H17N3OS/c1-17(2)12-5-3-11(4-6-12)14(18)16-8-7-13-15-9-10-19-13/h3-6,9-10H,7-8H2,1-2H3,(H,16,18). The van der Waals surface area contributed by atoms with Crippen LogP contribution >= 0.6 is 11.3 Å². The molecule has 0 saturated carbocycles. The van der Waals surface area contributed by atoms with Gasteiger partial charge in [0, 0.05) is 49.9 Å². The molecular weight excluding hydrogens is 258 g/mol. The zero-order valence-corrected chi connectivity index (χ0v) is 11.9. The third-order valence-corrected chi connectivity index (χ3v) is 3.59. The first-order valence-electron chi connectivity index (χ1n) is 6.11. The summed E-state index contributed by atoms with van der Waals surface area (Å²) in [4.78, 5) is 18.1. The van der Waals surface area contributed by atoms with Crippen molar-refractivity contribution in [3.05, 3.63) is 46.4 Å². The Morgan fingerprint density at radius 1 is 1.32 bits per heavy atom. The molecule has 4 nitrogen and oxygen atoms in total. The summed E-state index contributed by atoms with van der Waals surface area (Å²) in [6, 6.07) is 7.56. The molecule has 5 heteroatoms. The molecule has 0 saturated heterocycles. The normalized spacial score (nSPS) is 10.2. The van der Waals surface area contributed by atoms with Crippen LogP contribution in [-0.4, -0.2) is 31.5 Å². The Bertz CT molecular complexity index is 520. The lowest BCUT2D eigenvalue weighted by Crippen LogP contribution is -2.25. The minimum absolute atomic E-state index is 0.0399. The van der Waals surface area contributed by atoms with Crippen molar-refractivity contribution < 1.29 is 4.79 Å². The first-order chi connectivity index (χ1) is 9.16. The maximum Gasteiger partial charge on any atom is 0.251 e. The summed E-state index contributed by atoms with van der Waals surface area (Å²) in [6.07, 6.45) is 2.56. The number of anilines is 1. The van der Waals surface area contributed by atoms with Crippen LogP contribution in [0.4, 0.5) is 5.69 Å². The van der Waals surface area contributed by atoms with Crippen molar-refractivity contribution in [2.45, 2.75) is 6.42 Å². The highest BCUT2D eigenvalue weighted by Gasteiger charge is 2.05. The van der Waals surface area contributed by atoms with Crippen LogP contribution in [0.5, 0.6) is 0 Å². The van der Waals surface area contributed by atoms with Gasteiger partial charge in [-0.1, -0.05) is 0 Å². The van der Waals surface area contributed by atoms with Gasteiger partial charge in [0.15, 0.2) is 0 Å². The number of thiazole rings is 1. The van der Waals surface area contributed by atoms with Gasteiger partial charge in [0.2, 0.25) is 0 Å². The van der Waals surface area contributed by atoms with E-state index in [-0.39, 0.29) is 5.91 Å². The fourth-order valence-electron chi connectivity index (χ4n) is 1.67. The van der Waals surface area contributed by atoms with Crippen LogP contribution in [0.1, 0.15) is 15.4 Å². The number of rotatable bonds is 5. The third kappa shape index (κ3) is 3.79. The van der Waals surface area contributed by atoms with Gasteiger partial charge in [0.05, 0.1) is 5.01 Å². The number of nitrogens with one attached hydrogen (secondary N) is 1. The molecule has 0 bridgehead atoms. The minimum atomic E-state index is -0.0399. The summed E-state index contributed by atoms with van der Waals surface area (Å²) >= 11 is 1.61. The second-order valence-electron chi connectivity index (χ2n) is 4.37. The molecule has 0 spiro atoms. The zero-order valence-electron chi connectivity index (χ0n) is 11.1. The molecule has 0 aliphatic carbocycles. The molecule has 1 aromatic heterocycles. The lowest BCUT2D eigenvalue weighted by Gasteiger charge is -2.12. The van der Waals surface area contributed by atoms with Gasteiger partial charge in [-0.15, -0.1) is 11.3 Å². The van der Waals surface area contributed by atoms with E-state index >= 15 is 0 Å². The number of aromatic nitrogens is 1. The smallest absolute Gasteiger partial charge is 0.251 e. The lowest BCUT2D eigenvalue weighted by atomic mass is 10.2. The molecule has 1 N–H and O–H groups in total. The largest absolute Gasteiger partial charge is 0.378 e. The highest BCUT2D eigenvalue weighted by molar-refractivity contribution is 7.09. The molecule has 2 aromatic rings. The van der Waals surface area contributed by atoms with E-state index in [1.54, 1.807) is 17.5 Å². The van der Waals surface area contributed by atoms with Crippen molar-refractivity contribution in [3.8, 4) is 0 Å². The topological polar surface area (TPSA) is 45.2 Å². The highest BCUT2D eigenvalue weighted by atomic mass is 32.1. The minimum Gasteiger partial charge on any atom is -0.378 e. The Labute approximate surface area is 117 Å². The van der Waals surface area contributed by atoms with Gasteiger partial charge in [-0.25, -0.2) is 4.98 Å². The number of benzene rings is 1. The quantitative estimate of drug-likeness (QED) is 0.909. The van der Waals surface area contributed by atoms with Crippen molar-refractivity contribution in [1.29, 1.82) is 0 Å². The van der Waals surface area contributed by atoms with E-state index in [4.69, 9.17) is 0 Å². The molecule has 0 aliphatic rings. The Kier molecular flexibility index (Phi) is 4.52. The average Bonchev–Trinajstić information content (AvgIpc) is 2.92. The molecule has 100 valence electrons. The van der Waals surface area contributed by atoms with E-state index in [2.05, 4.69) is 10.3 Å². The second-order valence-corrected chi connectivity index (χ2v) is 5.35. The molecule has 0 fully saturated rings. The zero-order chi connectivity index (χ0) is 13.7. The fraction of sp³-hybridized carbons (Fsp3) is 0.286. The summed E-state index contributed by atoms with van der Waals surface area (Å²) in [7, 11) is 3.95. The van der Waals surface area contributed by atoms with E-state index in [0.29, 0.717) is 12.1 Å². The molecule has 0 aliphatic heterocycles. The monoisotopic (exact) mass is 275 g/mol. The Balaban J connectivity index is 1.85. The number of amides is 1. The summed E-state index contributed by atoms with van der Waals surface area (Å²) in [5, 5.41) is 5.89. The van der Waals surface area contributed by atoms with E-state index in [1.165, 1.54) is 0 Å². The summed E-state index contributed by atoms with van der Waals surface area (Å²) in [6.45, 7) is 0.613. The third-order valence-electron chi connectivity index (χ3n) is 2.75. The summed E-state index contributed by atoms with van der Waals surface area (Å²) in [5.74, 6) is -0.0399. The predicted octanol–water partition coefficient (Wildman–Crippen LogP) is 2.18. The lowest BCUT2D eigenvalue weighted by molar-refractivity contribution is 0.0954. The van der Waals surface area contributed by atoms with Gasteiger partial charge in [0.1, 0.15) is 0 Å². The molecule has 1 amide bonds. The highest BCUT2D eigenvalue weighted by Crippen LogP contribution is 2.12. The van der Waals surface area contributed by atoms with Gasteiger partial charge in [-0.2, -0.15) is 0 Å². The Morgan fingerprint density at radius 3 is 2.63 bits per heavy atom. The molecule has 0 unspecified atom stereocenters. The van der Waals surface area contributed by atoms with E-state index < -0.39 is 0 Å². The van der Waals surface area contributed by atoms with Crippen LogP contribution in [-0.2, 0) is 6.42 Å². The second kappa shape index (κ2) is 6.33. The molecule has 19 heavy (non-hydrogen) atoms. The number of nitrogens with zero attached hydrogens (tertiary/aromatic N) is 2. The van der Waals surface area contributed by atoms with Crippen LogP contribution < -0.4 is 10.2 Å². The van der Waals surface area contributed by atoms with E-state index in [9.17, 15) is 4.79 Å². The summed E-state index contributed by atoms with van der Waals surface area (Å²) < 4.78 is 0. The van der Waals surface area contributed by atoms with Gasteiger partial charge >= 0.3 is 0 Å². The first kappa shape index (κ1) is 13.5. The van der Waals surface area contributed by atoms with Crippen LogP contribution in [0.15, 0.2) is 35.8 Å². The molecule has 1 heterocycles. The predicted molar refractivity (Wildman–Crippen MR) is 78.9 cm³/mol. The van der Waals surface area contributed by atoms with Gasteiger partial charge in [-0.3, -0.25) is 4.79 Å². The van der Waals surface area contributed by atoms with Gasteiger partial charge in [-0.05, 0) is 24.3 Å². The average molecular weight is 275 g/mol. The molecule has 0 atom stereocenters. The van der Waals surface area contributed by atoms with Crippen LogP contribution in [0.25, 0.3) is 0 Å². The van der Waals surface area contributed by atoms with E-state index in [1.807, 2.05) is 48.6 Å². The number of carbonyl (C=O) groups excluding carboxylic acids is 1. The molecule has 0 radical (unpaired) electrons. The van der Waals surface area contributed by atoms with E-state index in [0.717, 1.165) is 17.1 Å². The van der Waals surface area contributed by atoms with Crippen molar-refractivity contribution in [1.82, 2.24) is 10.3 Å². The maximum atomic E-state index is 11.9. The van der Waals surface area contributed by atoms with Crippen molar-refractivity contribution in [2.75, 3.05) is 25.5 Å². The van der Waals surface area contributed by atoms with Crippen molar-refractivity contribution >= 4 is 22.9 Å². The van der Waals surface area contributed by atoms with Gasteiger partial charge < -0.3 is 10.2 Å². The maximum absolute atomic E-state index is 11.9. The number of carbonyl (C=O) groups is 1. The molecular formula is C14H17N3OS. The number of hydrogen-bond donors (Lipinski definition) is 1. The Morgan fingerprint density at radius 2 is 2.05 bits per heavy atom. The first-order valence-corrected chi connectivity index (χ1v) is 6.99. The molecule has 2 rings (SSSR count).